The standard InChI is InChI=1S/C33H37F2N5O3/c1-2-20-5-3-6-21-15-24(41)16-25(28(20)21)29-27(34)17-26-31(30(29)35)37-33(43-12-4-9-39-10-13-42-14-11-39)38-32(26)40-18-22-7-8-23(19-40)36-22/h3,5-6,15-17,22-23,36,41H,2,4,7-14,18-19H2,1H3. The van der Waals surface area contributed by atoms with Crippen LogP contribution in [0.25, 0.3) is 32.8 Å². The van der Waals surface area contributed by atoms with Gasteiger partial charge in [0.25, 0.3) is 0 Å². The normalized spacial score (nSPS) is 20.8. The SMILES string of the molecule is CCc1cccc2cc(O)cc(-c3c(F)cc4c(N5CC6CCC(C5)N6)nc(OCCCN5CCOCC5)nc4c3F)c12. The van der Waals surface area contributed by atoms with Gasteiger partial charge < -0.3 is 24.8 Å². The fraction of sp³-hybridized carbons (Fsp3) is 0.455. The summed E-state index contributed by atoms with van der Waals surface area (Å²) in [6.07, 6.45) is 3.56. The lowest BCUT2D eigenvalue weighted by Gasteiger charge is -2.34. The minimum Gasteiger partial charge on any atom is -0.508 e. The number of benzene rings is 3. The Labute approximate surface area is 249 Å². The van der Waals surface area contributed by atoms with Gasteiger partial charge in [0.1, 0.15) is 22.9 Å². The number of aryl methyl sites for hydroxylation is 1. The van der Waals surface area contributed by atoms with Crippen LogP contribution in [-0.4, -0.2) is 84.6 Å². The number of anilines is 1. The van der Waals surface area contributed by atoms with Gasteiger partial charge in [-0.1, -0.05) is 25.1 Å². The Bertz CT molecular complexity index is 1650. The molecule has 2 unspecified atom stereocenters. The lowest BCUT2D eigenvalue weighted by Crippen LogP contribution is -2.51. The van der Waals surface area contributed by atoms with Crippen LogP contribution in [0.4, 0.5) is 14.6 Å². The highest BCUT2D eigenvalue weighted by Gasteiger charge is 2.34. The molecule has 2 bridgehead atoms. The van der Waals surface area contributed by atoms with Crippen molar-refractivity contribution < 1.29 is 23.4 Å². The Morgan fingerprint density at radius 2 is 1.86 bits per heavy atom. The Hall–Kier alpha value is -3.60. The van der Waals surface area contributed by atoms with Gasteiger partial charge in [0.05, 0.1) is 25.4 Å². The van der Waals surface area contributed by atoms with Gasteiger partial charge in [-0.3, -0.25) is 4.90 Å². The molecule has 10 heteroatoms. The average Bonchev–Trinajstić information content (AvgIpc) is 3.36. The maximum Gasteiger partial charge on any atom is 0.319 e. The molecule has 1 aromatic heterocycles. The first kappa shape index (κ1) is 28.2. The number of hydrogen-bond acceptors (Lipinski definition) is 8. The third-order valence-electron chi connectivity index (χ3n) is 9.01. The molecule has 4 heterocycles. The molecule has 8 nitrogen and oxygen atoms in total. The molecule has 3 aliphatic rings. The molecule has 226 valence electrons. The number of aromatic hydroxyl groups is 1. The molecule has 0 aliphatic carbocycles. The molecular formula is C33H37F2N5O3. The molecule has 3 aliphatic heterocycles. The predicted octanol–water partition coefficient (Wildman–Crippen LogP) is 5.04. The number of rotatable bonds is 8. The van der Waals surface area contributed by atoms with Crippen LogP contribution in [0, 0.1) is 11.6 Å². The van der Waals surface area contributed by atoms with Gasteiger partial charge in [-0.05, 0) is 65.8 Å². The maximum atomic E-state index is 16.7. The summed E-state index contributed by atoms with van der Waals surface area (Å²) in [5, 5.41) is 15.9. The summed E-state index contributed by atoms with van der Waals surface area (Å²) < 4.78 is 44.3. The molecule has 0 spiro atoms. The number of phenols is 1. The summed E-state index contributed by atoms with van der Waals surface area (Å²) in [5.41, 5.74) is 1.05. The summed E-state index contributed by atoms with van der Waals surface area (Å²) in [7, 11) is 0. The first-order valence-electron chi connectivity index (χ1n) is 15.4. The number of halogens is 2. The molecule has 7 rings (SSSR count). The van der Waals surface area contributed by atoms with Gasteiger partial charge in [0.2, 0.25) is 0 Å². The van der Waals surface area contributed by atoms with Crippen LogP contribution in [0.15, 0.2) is 36.4 Å². The van der Waals surface area contributed by atoms with E-state index in [2.05, 4.69) is 20.1 Å². The van der Waals surface area contributed by atoms with Crippen molar-refractivity contribution in [2.24, 2.45) is 0 Å². The Kier molecular flexibility index (Phi) is 7.75. The van der Waals surface area contributed by atoms with E-state index >= 15 is 8.78 Å². The van der Waals surface area contributed by atoms with E-state index in [9.17, 15) is 5.11 Å². The molecule has 2 atom stereocenters. The molecule has 3 saturated heterocycles. The average molecular weight is 590 g/mol. The second kappa shape index (κ2) is 11.8. The van der Waals surface area contributed by atoms with Gasteiger partial charge in [0, 0.05) is 50.2 Å². The molecule has 3 aromatic carbocycles. The zero-order valence-electron chi connectivity index (χ0n) is 24.4. The Balaban J connectivity index is 1.32. The van der Waals surface area contributed by atoms with E-state index < -0.39 is 11.6 Å². The van der Waals surface area contributed by atoms with Gasteiger partial charge in [0.15, 0.2) is 5.82 Å². The van der Waals surface area contributed by atoms with Crippen LogP contribution in [0.2, 0.25) is 0 Å². The topological polar surface area (TPSA) is 83.0 Å². The van der Waals surface area contributed by atoms with Crippen molar-refractivity contribution >= 4 is 27.5 Å². The molecule has 2 N–H and O–H groups in total. The lowest BCUT2D eigenvalue weighted by molar-refractivity contribution is 0.0356. The minimum atomic E-state index is -0.785. The summed E-state index contributed by atoms with van der Waals surface area (Å²) in [6.45, 7) is 7.88. The zero-order chi connectivity index (χ0) is 29.5. The number of nitrogens with zero attached hydrogens (tertiary/aromatic N) is 4. The van der Waals surface area contributed by atoms with Gasteiger partial charge in [-0.15, -0.1) is 0 Å². The van der Waals surface area contributed by atoms with E-state index in [1.54, 1.807) is 6.07 Å². The van der Waals surface area contributed by atoms with Crippen molar-refractivity contribution in [1.82, 2.24) is 20.2 Å². The Morgan fingerprint density at radius 1 is 1.07 bits per heavy atom. The number of fused-ring (bicyclic) bond motifs is 4. The molecular weight excluding hydrogens is 552 g/mol. The zero-order valence-corrected chi connectivity index (χ0v) is 24.4. The summed E-state index contributed by atoms with van der Waals surface area (Å²) in [5.74, 6) is -1.07. The fourth-order valence-electron chi connectivity index (χ4n) is 6.94. The first-order chi connectivity index (χ1) is 21.0. The molecule has 3 fully saturated rings. The number of morpholine rings is 1. The molecule has 0 amide bonds. The van der Waals surface area contributed by atoms with E-state index in [0.717, 1.165) is 63.1 Å². The monoisotopic (exact) mass is 589 g/mol. The minimum absolute atomic E-state index is 0.0148. The predicted molar refractivity (Wildman–Crippen MR) is 163 cm³/mol. The smallest absolute Gasteiger partial charge is 0.319 e. The maximum absolute atomic E-state index is 16.7. The van der Waals surface area contributed by atoms with Crippen molar-refractivity contribution in [3.05, 3.63) is 53.6 Å². The van der Waals surface area contributed by atoms with E-state index in [4.69, 9.17) is 14.5 Å². The highest BCUT2D eigenvalue weighted by molar-refractivity contribution is 6.03. The Morgan fingerprint density at radius 3 is 2.63 bits per heavy atom. The number of ether oxygens (including phenoxy) is 2. The van der Waals surface area contributed by atoms with Crippen molar-refractivity contribution in [1.29, 1.82) is 0 Å². The summed E-state index contributed by atoms with van der Waals surface area (Å²) in [6, 6.07) is 10.8. The number of aromatic nitrogens is 2. The summed E-state index contributed by atoms with van der Waals surface area (Å²) >= 11 is 0. The van der Waals surface area contributed by atoms with Crippen molar-refractivity contribution in [2.45, 2.75) is 44.7 Å². The third kappa shape index (κ3) is 5.47. The number of nitrogens with one attached hydrogen (secondary N) is 1. The van der Waals surface area contributed by atoms with Gasteiger partial charge >= 0.3 is 6.01 Å². The summed E-state index contributed by atoms with van der Waals surface area (Å²) in [4.78, 5) is 13.7. The van der Waals surface area contributed by atoms with E-state index in [0.29, 0.717) is 60.4 Å². The van der Waals surface area contributed by atoms with Crippen LogP contribution in [0.3, 0.4) is 0 Å². The van der Waals surface area contributed by atoms with Crippen LogP contribution in [0.5, 0.6) is 11.8 Å². The van der Waals surface area contributed by atoms with Crippen molar-refractivity contribution in [3.63, 3.8) is 0 Å². The van der Waals surface area contributed by atoms with Gasteiger partial charge in [-0.2, -0.15) is 9.97 Å². The molecule has 43 heavy (non-hydrogen) atoms. The fourth-order valence-corrected chi connectivity index (χ4v) is 6.94. The van der Waals surface area contributed by atoms with Crippen LogP contribution in [-0.2, 0) is 11.2 Å². The second-order valence-electron chi connectivity index (χ2n) is 11.8. The largest absolute Gasteiger partial charge is 0.508 e. The van der Waals surface area contributed by atoms with E-state index in [-0.39, 0.29) is 22.8 Å². The van der Waals surface area contributed by atoms with Crippen LogP contribution < -0.4 is 15.0 Å². The lowest BCUT2D eigenvalue weighted by atomic mass is 9.92. The van der Waals surface area contributed by atoms with Crippen LogP contribution >= 0.6 is 0 Å². The molecule has 0 radical (unpaired) electrons. The van der Waals surface area contributed by atoms with Gasteiger partial charge in [-0.25, -0.2) is 8.78 Å². The van der Waals surface area contributed by atoms with E-state index in [1.807, 2.05) is 25.1 Å². The first-order valence-corrected chi connectivity index (χ1v) is 15.4. The number of phenolic OH excluding ortho intramolecular Hbond substituents is 1. The molecule has 0 saturated carbocycles. The second-order valence-corrected chi connectivity index (χ2v) is 11.8. The van der Waals surface area contributed by atoms with Crippen molar-refractivity contribution in [2.75, 3.05) is 57.4 Å². The highest BCUT2D eigenvalue weighted by atomic mass is 19.1. The quantitative estimate of drug-likeness (QED) is 0.277. The number of hydrogen-bond donors (Lipinski definition) is 2. The third-order valence-corrected chi connectivity index (χ3v) is 9.01. The van der Waals surface area contributed by atoms with Crippen LogP contribution in [0.1, 0.15) is 31.7 Å². The number of piperazine rings is 1. The van der Waals surface area contributed by atoms with E-state index in [1.165, 1.54) is 12.1 Å². The molecule has 4 aromatic rings. The highest BCUT2D eigenvalue weighted by Crippen LogP contribution is 2.41. The van der Waals surface area contributed by atoms with Crippen molar-refractivity contribution in [3.8, 4) is 22.9 Å².